The van der Waals surface area contributed by atoms with Gasteiger partial charge in [0.1, 0.15) is 5.76 Å². The number of imide groups is 1. The number of furan rings is 1. The van der Waals surface area contributed by atoms with Crippen molar-refractivity contribution in [1.82, 2.24) is 10.2 Å². The summed E-state index contributed by atoms with van der Waals surface area (Å²) in [6, 6.07) is 2.74. The maximum absolute atomic E-state index is 12.2. The molecule has 0 aliphatic carbocycles. The van der Waals surface area contributed by atoms with Gasteiger partial charge in [-0.15, -0.1) is 0 Å². The van der Waals surface area contributed by atoms with Crippen molar-refractivity contribution in [3.63, 3.8) is 0 Å². The number of hydrogen-bond donors (Lipinski definition) is 1. The number of nitrogens with zero attached hydrogens (tertiary/aromatic N) is 1. The molecule has 0 bridgehead atoms. The highest BCUT2D eigenvalue weighted by atomic mass is 32.2. The van der Waals surface area contributed by atoms with E-state index in [0.29, 0.717) is 5.76 Å². The molecule has 0 radical (unpaired) electrons. The van der Waals surface area contributed by atoms with Gasteiger partial charge in [0.2, 0.25) is 5.91 Å². The van der Waals surface area contributed by atoms with Crippen LogP contribution in [0.2, 0.25) is 0 Å². The van der Waals surface area contributed by atoms with Crippen molar-refractivity contribution in [2.45, 2.75) is 12.5 Å². The lowest BCUT2D eigenvalue weighted by atomic mass is 10.3. The zero-order valence-electron chi connectivity index (χ0n) is 12.9. The SMILES string of the molecule is O=C(CCN1C(=O)S/C(=C\c2ccco2)C1=O)N[C@@H]1C=CS(=O)(=O)C1. The number of thioether (sulfide) groups is 1. The van der Waals surface area contributed by atoms with Gasteiger partial charge in [-0.3, -0.25) is 19.3 Å². The fourth-order valence-corrected chi connectivity index (χ4v) is 4.43. The van der Waals surface area contributed by atoms with Crippen LogP contribution in [0.4, 0.5) is 4.79 Å². The maximum atomic E-state index is 12.2. The normalized spacial score (nSPS) is 23.6. The van der Waals surface area contributed by atoms with E-state index >= 15 is 0 Å². The number of carbonyl (C=O) groups excluding carboxylic acids is 3. The molecule has 25 heavy (non-hydrogen) atoms. The van der Waals surface area contributed by atoms with Crippen LogP contribution in [-0.2, 0) is 19.4 Å². The molecule has 3 rings (SSSR count). The summed E-state index contributed by atoms with van der Waals surface area (Å²) in [6.07, 6.45) is 4.23. The molecule has 1 fully saturated rings. The Kier molecular flexibility index (Phi) is 4.82. The van der Waals surface area contributed by atoms with Crippen LogP contribution < -0.4 is 5.32 Å². The van der Waals surface area contributed by atoms with E-state index in [9.17, 15) is 22.8 Å². The smallest absolute Gasteiger partial charge is 0.293 e. The first-order valence-electron chi connectivity index (χ1n) is 7.33. The summed E-state index contributed by atoms with van der Waals surface area (Å²) in [7, 11) is -3.26. The van der Waals surface area contributed by atoms with Crippen molar-refractivity contribution in [3.8, 4) is 0 Å². The van der Waals surface area contributed by atoms with Gasteiger partial charge < -0.3 is 9.73 Å². The monoisotopic (exact) mass is 382 g/mol. The Hall–Kier alpha value is -2.33. The second-order valence-corrected chi connectivity index (χ2v) is 8.36. The van der Waals surface area contributed by atoms with Gasteiger partial charge >= 0.3 is 0 Å². The van der Waals surface area contributed by atoms with E-state index in [-0.39, 0.29) is 23.6 Å². The minimum atomic E-state index is -3.26. The molecule has 2 aliphatic heterocycles. The average Bonchev–Trinajstić information content (AvgIpc) is 3.21. The number of amides is 3. The molecular weight excluding hydrogens is 368 g/mol. The van der Waals surface area contributed by atoms with Gasteiger partial charge in [0.25, 0.3) is 11.1 Å². The van der Waals surface area contributed by atoms with Gasteiger partial charge in [-0.1, -0.05) is 0 Å². The molecule has 0 aromatic carbocycles. The van der Waals surface area contributed by atoms with E-state index in [1.54, 1.807) is 12.1 Å². The molecular formula is C15H14N2O6S2. The van der Waals surface area contributed by atoms with Crippen LogP contribution in [0.5, 0.6) is 0 Å². The zero-order valence-corrected chi connectivity index (χ0v) is 14.5. The molecule has 3 amide bonds. The summed E-state index contributed by atoms with van der Waals surface area (Å²) in [5, 5.41) is 3.15. The zero-order chi connectivity index (χ0) is 18.0. The molecule has 3 heterocycles. The largest absolute Gasteiger partial charge is 0.465 e. The van der Waals surface area contributed by atoms with Gasteiger partial charge in [-0.25, -0.2) is 8.42 Å². The van der Waals surface area contributed by atoms with Crippen molar-refractivity contribution in [1.29, 1.82) is 0 Å². The Bertz CT molecular complexity index is 870. The Labute approximate surface area is 147 Å². The molecule has 0 saturated carbocycles. The Morgan fingerprint density at radius 2 is 2.24 bits per heavy atom. The van der Waals surface area contributed by atoms with Crippen molar-refractivity contribution in [2.24, 2.45) is 0 Å². The molecule has 1 aromatic heterocycles. The van der Waals surface area contributed by atoms with Crippen LogP contribution in [0.15, 0.2) is 39.2 Å². The number of carbonyl (C=O) groups is 3. The molecule has 2 aliphatic rings. The highest BCUT2D eigenvalue weighted by Crippen LogP contribution is 2.32. The molecule has 10 heteroatoms. The van der Waals surface area contributed by atoms with E-state index < -0.39 is 32.9 Å². The number of sulfone groups is 1. The van der Waals surface area contributed by atoms with Crippen molar-refractivity contribution in [2.75, 3.05) is 12.3 Å². The fourth-order valence-electron chi connectivity index (χ4n) is 2.35. The molecule has 1 N–H and O–H groups in total. The third-order valence-corrected chi connectivity index (χ3v) is 5.83. The predicted octanol–water partition coefficient (Wildman–Crippen LogP) is 1.13. The first-order chi connectivity index (χ1) is 11.8. The fraction of sp³-hybridized carbons (Fsp3) is 0.267. The minimum absolute atomic E-state index is 0.0742. The maximum Gasteiger partial charge on any atom is 0.293 e. The Balaban J connectivity index is 1.54. The first kappa shape index (κ1) is 17.5. The van der Waals surface area contributed by atoms with E-state index in [2.05, 4.69) is 5.32 Å². The number of nitrogens with one attached hydrogen (secondary N) is 1. The van der Waals surface area contributed by atoms with Gasteiger partial charge in [-0.05, 0) is 30.0 Å². The number of rotatable bonds is 5. The highest BCUT2D eigenvalue weighted by Gasteiger charge is 2.35. The summed E-state index contributed by atoms with van der Waals surface area (Å²) in [4.78, 5) is 37.3. The average molecular weight is 382 g/mol. The standard InChI is InChI=1S/C15H14N2O6S2/c18-13(16-10-4-7-25(21,22)9-10)3-5-17-14(19)12(24-15(17)20)8-11-2-1-6-23-11/h1-2,4,6-8,10H,3,5,9H2,(H,16,18)/b12-8-/t10-/m1/s1. The molecule has 1 aromatic rings. The lowest BCUT2D eigenvalue weighted by molar-refractivity contribution is -0.124. The van der Waals surface area contributed by atoms with Gasteiger partial charge in [-0.2, -0.15) is 0 Å². The number of hydrogen-bond acceptors (Lipinski definition) is 7. The van der Waals surface area contributed by atoms with Crippen LogP contribution in [0.25, 0.3) is 6.08 Å². The summed E-state index contributed by atoms with van der Waals surface area (Å²) in [6.45, 7) is -0.0742. The molecule has 1 saturated heterocycles. The predicted molar refractivity (Wildman–Crippen MR) is 90.9 cm³/mol. The topological polar surface area (TPSA) is 114 Å². The third kappa shape index (κ3) is 4.20. The van der Waals surface area contributed by atoms with Crippen molar-refractivity contribution in [3.05, 3.63) is 40.5 Å². The van der Waals surface area contributed by atoms with E-state index in [4.69, 9.17) is 4.42 Å². The Morgan fingerprint density at radius 3 is 2.88 bits per heavy atom. The summed E-state index contributed by atoms with van der Waals surface area (Å²) in [5.41, 5.74) is 0. The lowest BCUT2D eigenvalue weighted by Crippen LogP contribution is -2.38. The van der Waals surface area contributed by atoms with Crippen LogP contribution in [0, 0.1) is 0 Å². The summed E-state index contributed by atoms with van der Waals surface area (Å²) in [5.74, 6) is -0.632. The second kappa shape index (κ2) is 6.89. The summed E-state index contributed by atoms with van der Waals surface area (Å²) >= 11 is 0.781. The van der Waals surface area contributed by atoms with Gasteiger partial charge in [0.15, 0.2) is 9.84 Å². The van der Waals surface area contributed by atoms with Crippen molar-refractivity contribution < 1.29 is 27.2 Å². The molecule has 0 unspecified atom stereocenters. The van der Waals surface area contributed by atoms with E-state index in [1.807, 2.05) is 0 Å². The van der Waals surface area contributed by atoms with Crippen LogP contribution >= 0.6 is 11.8 Å². The second-order valence-electron chi connectivity index (χ2n) is 5.43. The van der Waals surface area contributed by atoms with Crippen LogP contribution in [0.3, 0.4) is 0 Å². The van der Waals surface area contributed by atoms with E-state index in [0.717, 1.165) is 22.1 Å². The quantitative estimate of drug-likeness (QED) is 0.759. The van der Waals surface area contributed by atoms with Gasteiger partial charge in [0.05, 0.1) is 23.0 Å². The first-order valence-corrected chi connectivity index (χ1v) is 9.86. The van der Waals surface area contributed by atoms with Crippen molar-refractivity contribution >= 4 is 44.7 Å². The highest BCUT2D eigenvalue weighted by molar-refractivity contribution is 8.18. The van der Waals surface area contributed by atoms with Crippen LogP contribution in [-0.4, -0.2) is 48.7 Å². The summed E-state index contributed by atoms with van der Waals surface area (Å²) < 4.78 is 27.7. The third-order valence-electron chi connectivity index (χ3n) is 3.53. The molecule has 0 spiro atoms. The van der Waals surface area contributed by atoms with Gasteiger partial charge in [0, 0.05) is 24.4 Å². The van der Waals surface area contributed by atoms with Crippen LogP contribution in [0.1, 0.15) is 12.2 Å². The molecule has 132 valence electrons. The minimum Gasteiger partial charge on any atom is -0.465 e. The van der Waals surface area contributed by atoms with E-state index in [1.165, 1.54) is 18.4 Å². The molecule has 1 atom stereocenters. The Morgan fingerprint density at radius 1 is 1.44 bits per heavy atom. The lowest BCUT2D eigenvalue weighted by Gasteiger charge is -2.14. The molecule has 8 nitrogen and oxygen atoms in total.